The minimum atomic E-state index is -0.811. The van der Waals surface area contributed by atoms with Gasteiger partial charge in [-0.15, -0.1) is 0 Å². The van der Waals surface area contributed by atoms with Gasteiger partial charge in [-0.05, 0) is 51.7 Å². The molecule has 0 aliphatic heterocycles. The van der Waals surface area contributed by atoms with Gasteiger partial charge in [-0.2, -0.15) is 0 Å². The fraction of sp³-hybridized carbons (Fsp3) is 0.462. The molecule has 31 heavy (non-hydrogen) atoms. The third kappa shape index (κ3) is 8.27. The summed E-state index contributed by atoms with van der Waals surface area (Å²) in [5.74, 6) is -0.575. The molecule has 0 amide bonds. The molecule has 0 saturated carbocycles. The number of esters is 1. The van der Waals surface area contributed by atoms with Gasteiger partial charge in [0.1, 0.15) is 12.2 Å². The van der Waals surface area contributed by atoms with Crippen molar-refractivity contribution in [1.29, 1.82) is 0 Å². The minimum Gasteiger partial charge on any atom is -0.459 e. The first-order chi connectivity index (χ1) is 14.3. The first-order valence-corrected chi connectivity index (χ1v) is 10.5. The molecule has 0 aliphatic rings. The van der Waals surface area contributed by atoms with Crippen LogP contribution < -0.4 is 0 Å². The molecule has 0 aromatic heterocycles. The van der Waals surface area contributed by atoms with E-state index in [2.05, 4.69) is 20.8 Å². The molecule has 0 N–H and O–H groups in total. The van der Waals surface area contributed by atoms with Crippen molar-refractivity contribution in [2.75, 3.05) is 6.61 Å². The Balaban J connectivity index is 1.90. The topological polar surface area (TPSA) is 61.8 Å². The number of carbonyl (C=O) groups is 2. The molecule has 5 nitrogen and oxygen atoms in total. The Labute approximate surface area is 185 Å². The molecular formula is C26H34O5. The van der Waals surface area contributed by atoms with Gasteiger partial charge in [-0.3, -0.25) is 4.79 Å². The van der Waals surface area contributed by atoms with Crippen LogP contribution in [0.3, 0.4) is 0 Å². The maximum Gasteiger partial charge on any atom is 0.338 e. The van der Waals surface area contributed by atoms with E-state index in [0.29, 0.717) is 16.7 Å². The molecule has 0 aliphatic carbocycles. The quantitative estimate of drug-likeness (QED) is 0.212. The van der Waals surface area contributed by atoms with Gasteiger partial charge >= 0.3 is 5.97 Å². The van der Waals surface area contributed by atoms with E-state index in [4.69, 9.17) is 14.5 Å². The van der Waals surface area contributed by atoms with E-state index in [-0.39, 0.29) is 17.8 Å². The zero-order valence-electron chi connectivity index (χ0n) is 19.7. The number of rotatable bonds is 9. The Morgan fingerprint density at radius 1 is 0.677 bits per heavy atom. The van der Waals surface area contributed by atoms with Gasteiger partial charge in [-0.25, -0.2) is 14.6 Å². The lowest BCUT2D eigenvalue weighted by molar-refractivity contribution is -0.407. The summed E-state index contributed by atoms with van der Waals surface area (Å²) in [6.07, 6.45) is 0.809. The van der Waals surface area contributed by atoms with Gasteiger partial charge < -0.3 is 4.74 Å². The summed E-state index contributed by atoms with van der Waals surface area (Å²) in [6.45, 7) is 14.0. The third-order valence-corrected chi connectivity index (χ3v) is 4.42. The highest BCUT2D eigenvalue weighted by Gasteiger charge is 2.31. The number of ether oxygens (including phenoxy) is 1. The zero-order valence-corrected chi connectivity index (χ0v) is 19.7. The number of hydrogen-bond donors (Lipinski definition) is 0. The molecule has 5 heteroatoms. The molecule has 168 valence electrons. The van der Waals surface area contributed by atoms with E-state index in [1.807, 2.05) is 32.0 Å². The normalized spacial score (nSPS) is 12.5. The van der Waals surface area contributed by atoms with E-state index in [9.17, 15) is 9.59 Å². The van der Waals surface area contributed by atoms with Crippen LogP contribution in [0.1, 0.15) is 81.2 Å². The van der Waals surface area contributed by atoms with Crippen molar-refractivity contribution < 1.29 is 24.1 Å². The second-order valence-corrected chi connectivity index (χ2v) is 10.3. The van der Waals surface area contributed by atoms with Crippen molar-refractivity contribution in [2.24, 2.45) is 5.41 Å². The zero-order chi connectivity index (χ0) is 23.3. The highest BCUT2D eigenvalue weighted by Crippen LogP contribution is 2.30. The monoisotopic (exact) mass is 426 g/mol. The Bertz CT molecular complexity index is 874. The molecular weight excluding hydrogens is 392 g/mol. The maximum absolute atomic E-state index is 12.5. The van der Waals surface area contributed by atoms with Gasteiger partial charge in [-0.1, -0.05) is 63.2 Å². The molecule has 2 aromatic rings. The third-order valence-electron chi connectivity index (χ3n) is 4.42. The number of carbonyl (C=O) groups excluding carboxylic acids is 2. The number of hydrogen-bond acceptors (Lipinski definition) is 5. The fourth-order valence-corrected chi connectivity index (χ4v) is 3.39. The van der Waals surface area contributed by atoms with Crippen molar-refractivity contribution >= 4 is 11.8 Å². The van der Waals surface area contributed by atoms with Crippen LogP contribution in [0.15, 0.2) is 54.6 Å². The lowest BCUT2D eigenvalue weighted by Crippen LogP contribution is -2.38. The molecule has 2 rings (SSSR count). The highest BCUT2D eigenvalue weighted by molar-refractivity contribution is 6.09. The van der Waals surface area contributed by atoms with E-state index < -0.39 is 17.2 Å². The van der Waals surface area contributed by atoms with Crippen LogP contribution in [0.2, 0.25) is 0 Å². The SMILES string of the molecule is CC(C)(C)CC(C)(C)OOC(C)(C)COC(=O)c1ccc(C(=O)c2ccccc2)cc1. The Hall–Kier alpha value is -2.50. The molecule has 0 spiro atoms. The minimum absolute atomic E-state index is 0.0299. The van der Waals surface area contributed by atoms with Crippen molar-refractivity contribution in [2.45, 2.75) is 66.1 Å². The van der Waals surface area contributed by atoms with Crippen LogP contribution >= 0.6 is 0 Å². The molecule has 0 unspecified atom stereocenters. The summed E-state index contributed by atoms with van der Waals surface area (Å²) < 4.78 is 5.42. The second kappa shape index (κ2) is 9.75. The van der Waals surface area contributed by atoms with Gasteiger partial charge in [0.15, 0.2) is 5.78 Å². The number of benzene rings is 2. The lowest BCUT2D eigenvalue weighted by atomic mass is 9.84. The van der Waals surface area contributed by atoms with E-state index in [1.54, 1.807) is 50.2 Å². The fourth-order valence-electron chi connectivity index (χ4n) is 3.39. The number of ketones is 1. The predicted molar refractivity (Wildman–Crippen MR) is 121 cm³/mol. The van der Waals surface area contributed by atoms with Crippen LogP contribution in [0.5, 0.6) is 0 Å². The molecule has 0 fully saturated rings. The first-order valence-electron chi connectivity index (χ1n) is 10.5. The molecule has 0 saturated heterocycles. The van der Waals surface area contributed by atoms with Gasteiger partial charge in [0.2, 0.25) is 0 Å². The van der Waals surface area contributed by atoms with Crippen molar-refractivity contribution in [3.8, 4) is 0 Å². The first kappa shape index (κ1) is 24.8. The molecule has 0 bridgehead atoms. The Morgan fingerprint density at radius 3 is 1.71 bits per heavy atom. The highest BCUT2D eigenvalue weighted by atomic mass is 17.2. The predicted octanol–water partition coefficient (Wildman–Crippen LogP) is 6.02. The molecule has 0 radical (unpaired) electrons. The summed E-state index contributed by atoms with van der Waals surface area (Å²) in [7, 11) is 0. The van der Waals surface area contributed by atoms with Crippen molar-refractivity contribution in [3.63, 3.8) is 0 Å². The summed E-state index contributed by atoms with van der Waals surface area (Å²) >= 11 is 0. The van der Waals surface area contributed by atoms with E-state index in [1.165, 1.54) is 0 Å². The summed E-state index contributed by atoms with van der Waals surface area (Å²) in [6, 6.07) is 15.5. The second-order valence-electron chi connectivity index (χ2n) is 10.3. The standard InChI is InChI=1S/C26H34O5/c1-24(2,3)17-25(4,5)30-31-26(6,7)18-29-23(28)21-15-13-20(14-16-21)22(27)19-11-9-8-10-12-19/h8-16H,17-18H2,1-7H3. The van der Waals surface area contributed by atoms with Crippen molar-refractivity contribution in [3.05, 3.63) is 71.3 Å². The smallest absolute Gasteiger partial charge is 0.338 e. The average Bonchev–Trinajstić information content (AvgIpc) is 2.69. The van der Waals surface area contributed by atoms with Crippen LogP contribution in [0.25, 0.3) is 0 Å². The Morgan fingerprint density at radius 2 is 1.16 bits per heavy atom. The summed E-state index contributed by atoms with van der Waals surface area (Å²) in [4.78, 5) is 36.2. The largest absolute Gasteiger partial charge is 0.459 e. The average molecular weight is 427 g/mol. The van der Waals surface area contributed by atoms with Crippen LogP contribution in [0.4, 0.5) is 0 Å². The van der Waals surface area contributed by atoms with Gasteiger partial charge in [0, 0.05) is 11.1 Å². The Kier molecular flexibility index (Phi) is 7.79. The van der Waals surface area contributed by atoms with Gasteiger partial charge in [0.05, 0.1) is 11.2 Å². The van der Waals surface area contributed by atoms with Crippen LogP contribution in [0, 0.1) is 5.41 Å². The molecule has 2 aromatic carbocycles. The molecule has 0 atom stereocenters. The van der Waals surface area contributed by atoms with E-state index in [0.717, 1.165) is 6.42 Å². The molecule has 0 heterocycles. The van der Waals surface area contributed by atoms with Crippen LogP contribution in [-0.4, -0.2) is 29.6 Å². The van der Waals surface area contributed by atoms with Crippen molar-refractivity contribution in [1.82, 2.24) is 0 Å². The van der Waals surface area contributed by atoms with Gasteiger partial charge in [0.25, 0.3) is 0 Å². The summed E-state index contributed by atoms with van der Waals surface area (Å²) in [5, 5.41) is 0. The van der Waals surface area contributed by atoms with E-state index >= 15 is 0 Å². The maximum atomic E-state index is 12.5. The van der Waals surface area contributed by atoms with Crippen LogP contribution in [-0.2, 0) is 14.5 Å². The summed E-state index contributed by atoms with van der Waals surface area (Å²) in [5.41, 5.74) is 0.299. The lowest BCUT2D eigenvalue weighted by Gasteiger charge is -2.34.